The highest BCUT2D eigenvalue weighted by Gasteiger charge is 2.20. The number of anilines is 1. The first-order valence-electron chi connectivity index (χ1n) is 9.69. The van der Waals surface area contributed by atoms with Crippen molar-refractivity contribution in [3.8, 4) is 11.5 Å². The number of nitrogens with one attached hydrogen (secondary N) is 2. The Morgan fingerprint density at radius 1 is 0.935 bits per heavy atom. The average molecular weight is 439 g/mol. The number of carbonyl (C=O) groups is 1. The zero-order valence-electron chi connectivity index (χ0n) is 17.1. The Labute approximate surface area is 181 Å². The average Bonchev–Trinajstić information content (AvgIpc) is 3.21. The van der Waals surface area contributed by atoms with Crippen molar-refractivity contribution in [2.45, 2.75) is 25.3 Å². The highest BCUT2D eigenvalue weighted by molar-refractivity contribution is 7.92. The zero-order chi connectivity index (χ0) is 22.0. The largest absolute Gasteiger partial charge is 0.454 e. The van der Waals surface area contributed by atoms with Gasteiger partial charge in [0, 0.05) is 12.1 Å². The summed E-state index contributed by atoms with van der Waals surface area (Å²) in [5, 5.41) is 2.81. The second-order valence-corrected chi connectivity index (χ2v) is 8.92. The van der Waals surface area contributed by atoms with Crippen molar-refractivity contribution in [1.29, 1.82) is 0 Å². The number of ether oxygens (including phenoxy) is 2. The lowest BCUT2D eigenvalue weighted by molar-refractivity contribution is 0.0950. The number of aryl methyl sites for hydroxylation is 2. The second-order valence-electron chi connectivity index (χ2n) is 7.27. The maximum atomic E-state index is 13.0. The van der Waals surface area contributed by atoms with E-state index in [4.69, 9.17) is 9.47 Å². The van der Waals surface area contributed by atoms with E-state index in [0.29, 0.717) is 22.7 Å². The van der Waals surface area contributed by atoms with Crippen molar-refractivity contribution in [2.24, 2.45) is 0 Å². The van der Waals surface area contributed by atoms with Crippen LogP contribution in [-0.2, 0) is 16.6 Å². The molecule has 0 saturated carbocycles. The van der Waals surface area contributed by atoms with Gasteiger partial charge in [0.15, 0.2) is 11.5 Å². The Hall–Kier alpha value is -3.52. The number of hydrogen-bond donors (Lipinski definition) is 2. The van der Waals surface area contributed by atoms with Crippen LogP contribution in [0.5, 0.6) is 11.5 Å². The van der Waals surface area contributed by atoms with Gasteiger partial charge in [-0.1, -0.05) is 30.3 Å². The van der Waals surface area contributed by atoms with Gasteiger partial charge in [0.1, 0.15) is 0 Å². The summed E-state index contributed by atoms with van der Waals surface area (Å²) in [7, 11) is -3.86. The molecule has 1 heterocycles. The molecule has 0 aliphatic carbocycles. The Morgan fingerprint density at radius 3 is 2.52 bits per heavy atom. The van der Waals surface area contributed by atoms with Crippen LogP contribution in [0.1, 0.15) is 27.0 Å². The lowest BCUT2D eigenvalue weighted by Crippen LogP contribution is -2.23. The fourth-order valence-corrected chi connectivity index (χ4v) is 4.66. The quantitative estimate of drug-likeness (QED) is 0.611. The van der Waals surface area contributed by atoms with E-state index in [1.807, 2.05) is 25.1 Å². The molecule has 4 rings (SSSR count). The summed E-state index contributed by atoms with van der Waals surface area (Å²) in [6.45, 7) is 3.97. The van der Waals surface area contributed by atoms with E-state index in [9.17, 15) is 13.2 Å². The fraction of sp³-hybridized carbons (Fsp3) is 0.174. The molecule has 0 unspecified atom stereocenters. The predicted octanol–water partition coefficient (Wildman–Crippen LogP) is 3.76. The molecular formula is C23H22N2O5S. The van der Waals surface area contributed by atoms with Crippen LogP contribution >= 0.6 is 0 Å². The van der Waals surface area contributed by atoms with E-state index in [2.05, 4.69) is 10.0 Å². The topological polar surface area (TPSA) is 93.7 Å². The molecule has 2 N–H and O–H groups in total. The molecule has 0 saturated heterocycles. The number of sulfonamides is 1. The minimum Gasteiger partial charge on any atom is -0.454 e. The van der Waals surface area contributed by atoms with Gasteiger partial charge < -0.3 is 14.8 Å². The van der Waals surface area contributed by atoms with Gasteiger partial charge in [-0.25, -0.2) is 8.42 Å². The first kappa shape index (κ1) is 20.7. The predicted molar refractivity (Wildman–Crippen MR) is 117 cm³/mol. The molecule has 7 nitrogen and oxygen atoms in total. The summed E-state index contributed by atoms with van der Waals surface area (Å²) in [6.07, 6.45) is 0. The van der Waals surface area contributed by atoms with Gasteiger partial charge in [-0.3, -0.25) is 9.52 Å². The third-order valence-corrected chi connectivity index (χ3v) is 6.53. The summed E-state index contributed by atoms with van der Waals surface area (Å²) in [6, 6.07) is 17.2. The molecular weight excluding hydrogens is 416 g/mol. The maximum absolute atomic E-state index is 13.0. The molecule has 0 fully saturated rings. The van der Waals surface area contributed by atoms with Gasteiger partial charge >= 0.3 is 0 Å². The lowest BCUT2D eigenvalue weighted by Gasteiger charge is -2.13. The minimum absolute atomic E-state index is 0.0616. The second kappa shape index (κ2) is 8.31. The number of hydrogen-bond acceptors (Lipinski definition) is 5. The van der Waals surface area contributed by atoms with Crippen LogP contribution in [0.4, 0.5) is 5.69 Å². The van der Waals surface area contributed by atoms with Gasteiger partial charge in [-0.2, -0.15) is 0 Å². The van der Waals surface area contributed by atoms with E-state index >= 15 is 0 Å². The smallest absolute Gasteiger partial charge is 0.262 e. The molecule has 3 aromatic carbocycles. The number of para-hydroxylation sites is 1. The maximum Gasteiger partial charge on any atom is 0.262 e. The Balaban J connectivity index is 1.51. The summed E-state index contributed by atoms with van der Waals surface area (Å²) in [4.78, 5) is 12.7. The SMILES string of the molecule is Cc1ccccc1NS(=O)(=O)c1cc(C(=O)NCc2ccc3c(c2)OCO3)ccc1C. The van der Waals surface area contributed by atoms with E-state index in [-0.39, 0.29) is 29.7 Å². The number of fused-ring (bicyclic) bond motifs is 1. The summed E-state index contributed by atoms with van der Waals surface area (Å²) in [5.74, 6) is 0.937. The van der Waals surface area contributed by atoms with Crippen LogP contribution in [0, 0.1) is 13.8 Å². The first-order chi connectivity index (χ1) is 14.8. The van der Waals surface area contributed by atoms with Gasteiger partial charge in [-0.05, 0) is 60.9 Å². The monoisotopic (exact) mass is 438 g/mol. The minimum atomic E-state index is -3.86. The van der Waals surface area contributed by atoms with Gasteiger partial charge in [-0.15, -0.1) is 0 Å². The van der Waals surface area contributed by atoms with E-state index < -0.39 is 10.0 Å². The standard InChI is InChI=1S/C23H22N2O5S/c1-15-5-3-4-6-19(15)25-31(27,28)22-12-18(9-7-16(22)2)23(26)24-13-17-8-10-20-21(11-17)30-14-29-20/h3-12,25H,13-14H2,1-2H3,(H,24,26). The Morgan fingerprint density at radius 2 is 1.71 bits per heavy atom. The first-order valence-corrected chi connectivity index (χ1v) is 11.2. The van der Waals surface area contributed by atoms with Crippen molar-refractivity contribution < 1.29 is 22.7 Å². The molecule has 160 valence electrons. The normalized spacial score (nSPS) is 12.5. The van der Waals surface area contributed by atoms with Crippen LogP contribution in [0.2, 0.25) is 0 Å². The van der Waals surface area contributed by atoms with Crippen LogP contribution in [0.25, 0.3) is 0 Å². The van der Waals surface area contributed by atoms with E-state index in [1.54, 1.807) is 43.3 Å². The van der Waals surface area contributed by atoms with Crippen molar-refractivity contribution in [3.05, 3.63) is 82.9 Å². The van der Waals surface area contributed by atoms with Gasteiger partial charge in [0.2, 0.25) is 6.79 Å². The molecule has 1 aliphatic rings. The molecule has 3 aromatic rings. The molecule has 1 amide bonds. The lowest BCUT2D eigenvalue weighted by atomic mass is 10.1. The van der Waals surface area contributed by atoms with Crippen molar-refractivity contribution in [1.82, 2.24) is 5.32 Å². The molecule has 0 aromatic heterocycles. The third kappa shape index (κ3) is 4.49. The van der Waals surface area contributed by atoms with Crippen LogP contribution < -0.4 is 19.5 Å². The number of amides is 1. The third-order valence-electron chi connectivity index (χ3n) is 5.02. The summed E-state index contributed by atoms with van der Waals surface area (Å²) >= 11 is 0. The Kier molecular flexibility index (Phi) is 5.56. The number of carbonyl (C=O) groups excluding carboxylic acids is 1. The van der Waals surface area contributed by atoms with Crippen molar-refractivity contribution in [3.63, 3.8) is 0 Å². The molecule has 0 bridgehead atoms. The molecule has 0 atom stereocenters. The van der Waals surface area contributed by atoms with Gasteiger partial charge in [0.25, 0.3) is 15.9 Å². The van der Waals surface area contributed by atoms with E-state index in [1.165, 1.54) is 6.07 Å². The fourth-order valence-electron chi connectivity index (χ4n) is 3.25. The van der Waals surface area contributed by atoms with Gasteiger partial charge in [0.05, 0.1) is 10.6 Å². The van der Waals surface area contributed by atoms with Crippen molar-refractivity contribution in [2.75, 3.05) is 11.5 Å². The van der Waals surface area contributed by atoms with Crippen LogP contribution in [0.15, 0.2) is 65.6 Å². The molecule has 0 spiro atoms. The number of rotatable bonds is 6. The van der Waals surface area contributed by atoms with Crippen LogP contribution in [0.3, 0.4) is 0 Å². The van der Waals surface area contributed by atoms with E-state index in [0.717, 1.165) is 11.1 Å². The molecule has 31 heavy (non-hydrogen) atoms. The number of benzene rings is 3. The molecule has 0 radical (unpaired) electrons. The molecule has 8 heteroatoms. The molecule has 1 aliphatic heterocycles. The highest BCUT2D eigenvalue weighted by atomic mass is 32.2. The highest BCUT2D eigenvalue weighted by Crippen LogP contribution is 2.32. The zero-order valence-corrected chi connectivity index (χ0v) is 18.0. The van der Waals surface area contributed by atoms with Crippen LogP contribution in [-0.4, -0.2) is 21.1 Å². The summed E-state index contributed by atoms with van der Waals surface area (Å²) in [5.41, 5.74) is 2.96. The summed E-state index contributed by atoms with van der Waals surface area (Å²) < 4.78 is 39.2. The van der Waals surface area contributed by atoms with Crippen molar-refractivity contribution >= 4 is 21.6 Å². The Bertz CT molecular complexity index is 1250.